The fraction of sp³-hybridized carbons (Fsp3) is 0.333. The molecule has 1 fully saturated rings. The number of hydrogen-bond donors (Lipinski definition) is 4. The normalized spacial score (nSPS) is 18.8. The van der Waals surface area contributed by atoms with E-state index in [1.165, 1.54) is 12.0 Å². The lowest BCUT2D eigenvalue weighted by Gasteiger charge is -2.43. The Balaban J connectivity index is 1.29. The van der Waals surface area contributed by atoms with E-state index in [1.54, 1.807) is 0 Å². The minimum atomic E-state index is -2.85. The molecule has 0 radical (unpaired) electrons. The first kappa shape index (κ1) is 25.1. The first-order valence-electron chi connectivity index (χ1n) is 13.3. The molecule has 38 heavy (non-hydrogen) atoms. The van der Waals surface area contributed by atoms with E-state index in [-0.39, 0.29) is 11.3 Å². The van der Waals surface area contributed by atoms with Crippen LogP contribution in [0.2, 0.25) is 0 Å². The topological polar surface area (TPSA) is 93.5 Å². The van der Waals surface area contributed by atoms with Crippen LogP contribution in [0.5, 0.6) is 0 Å². The summed E-state index contributed by atoms with van der Waals surface area (Å²) in [4.78, 5) is 12.7. The molecule has 8 heteroatoms. The predicted octanol–water partition coefficient (Wildman–Crippen LogP) is 6.19. The van der Waals surface area contributed by atoms with Gasteiger partial charge >= 0.3 is 0 Å². The molecule has 0 unspecified atom stereocenters. The quantitative estimate of drug-likeness (QED) is 0.227. The van der Waals surface area contributed by atoms with Gasteiger partial charge in [-0.15, -0.1) is 0 Å². The summed E-state index contributed by atoms with van der Waals surface area (Å²) in [6, 6.07) is 24.4. The molecule has 0 saturated heterocycles. The Morgan fingerprint density at radius 3 is 2.55 bits per heavy atom. The third kappa shape index (κ3) is 5.09. The van der Waals surface area contributed by atoms with Crippen molar-refractivity contribution in [1.29, 1.82) is 0 Å². The summed E-state index contributed by atoms with van der Waals surface area (Å²) in [6.07, 6.45) is 3.48. The van der Waals surface area contributed by atoms with Crippen molar-refractivity contribution in [2.75, 3.05) is 29.1 Å². The van der Waals surface area contributed by atoms with E-state index in [2.05, 4.69) is 64.9 Å². The maximum atomic E-state index is 10.8. The number of anilines is 2. The predicted molar refractivity (Wildman–Crippen MR) is 156 cm³/mol. The molecule has 6 rings (SSSR count). The lowest BCUT2D eigenvalue weighted by molar-refractivity contribution is 0.197. The third-order valence-electron chi connectivity index (χ3n) is 7.87. The number of nitrogens with one attached hydrogen (secondary N) is 2. The summed E-state index contributed by atoms with van der Waals surface area (Å²) in [5, 5.41) is 8.51. The second-order valence-electron chi connectivity index (χ2n) is 10.6. The first-order chi connectivity index (χ1) is 18.4. The van der Waals surface area contributed by atoms with Crippen LogP contribution in [0.4, 0.5) is 11.8 Å². The van der Waals surface area contributed by atoms with Gasteiger partial charge in [-0.25, -0.2) is 4.98 Å². The van der Waals surface area contributed by atoms with Gasteiger partial charge in [0.1, 0.15) is 5.82 Å². The standard InChI is InChI=1S/C30H35N5O2S/c1-22-12-13-26-25(18-22)28(31-21-30(14-7-15-30)32-19-23-8-3-2-4-9-23)34-29(33-26)35-16-17-38(36,37)27-11-6-5-10-24(27)20-35/h2-6,8-13,18,32,36-37H,7,14-17,19-21H2,1H3,(H,31,33,34). The van der Waals surface area contributed by atoms with Crippen molar-refractivity contribution in [1.82, 2.24) is 15.3 Å². The van der Waals surface area contributed by atoms with E-state index in [9.17, 15) is 9.11 Å². The molecule has 4 aromatic rings. The van der Waals surface area contributed by atoms with Crippen LogP contribution >= 0.6 is 10.6 Å². The highest BCUT2D eigenvalue weighted by Crippen LogP contribution is 2.51. The molecular formula is C30H35N5O2S. The molecule has 0 spiro atoms. The highest BCUT2D eigenvalue weighted by molar-refractivity contribution is 8.24. The molecule has 198 valence electrons. The molecule has 1 aromatic heterocycles. The fourth-order valence-corrected chi connectivity index (χ4v) is 6.96. The molecule has 0 bridgehead atoms. The number of rotatable bonds is 7. The summed E-state index contributed by atoms with van der Waals surface area (Å²) in [5.41, 5.74) is 4.28. The highest BCUT2D eigenvalue weighted by atomic mass is 32.3. The van der Waals surface area contributed by atoms with Crippen LogP contribution in [0.25, 0.3) is 10.9 Å². The molecular weight excluding hydrogens is 494 g/mol. The average Bonchev–Trinajstić information content (AvgIpc) is 3.04. The number of nitrogens with zero attached hydrogens (tertiary/aromatic N) is 3. The van der Waals surface area contributed by atoms with Gasteiger partial charge in [0.25, 0.3) is 0 Å². The Morgan fingerprint density at radius 2 is 1.76 bits per heavy atom. The lowest BCUT2D eigenvalue weighted by Crippen LogP contribution is -2.55. The van der Waals surface area contributed by atoms with Gasteiger partial charge in [0.05, 0.1) is 16.2 Å². The third-order valence-corrected chi connectivity index (χ3v) is 9.72. The van der Waals surface area contributed by atoms with E-state index in [0.29, 0.717) is 23.9 Å². The fourth-order valence-electron chi connectivity index (χ4n) is 5.42. The van der Waals surface area contributed by atoms with Crippen LogP contribution in [0, 0.1) is 6.92 Å². The van der Waals surface area contributed by atoms with Gasteiger partial charge in [0.15, 0.2) is 0 Å². The van der Waals surface area contributed by atoms with Gasteiger partial charge in [-0.3, -0.25) is 9.11 Å². The van der Waals surface area contributed by atoms with E-state index in [4.69, 9.17) is 9.97 Å². The summed E-state index contributed by atoms with van der Waals surface area (Å²) >= 11 is 0. The minimum Gasteiger partial charge on any atom is -0.368 e. The maximum absolute atomic E-state index is 10.8. The Hall–Kier alpha value is -3.17. The van der Waals surface area contributed by atoms with E-state index < -0.39 is 10.6 Å². The van der Waals surface area contributed by atoms with Gasteiger partial charge < -0.3 is 15.5 Å². The van der Waals surface area contributed by atoms with Gasteiger partial charge in [0, 0.05) is 37.1 Å². The molecule has 2 heterocycles. The van der Waals surface area contributed by atoms with Crippen molar-refractivity contribution in [3.05, 3.63) is 89.5 Å². The zero-order valence-electron chi connectivity index (χ0n) is 21.7. The highest BCUT2D eigenvalue weighted by Gasteiger charge is 2.36. The van der Waals surface area contributed by atoms with E-state index >= 15 is 0 Å². The van der Waals surface area contributed by atoms with Gasteiger partial charge in [-0.05, 0) is 55.5 Å². The van der Waals surface area contributed by atoms with E-state index in [1.807, 2.05) is 30.3 Å². The average molecular weight is 530 g/mol. The van der Waals surface area contributed by atoms with Crippen LogP contribution < -0.4 is 15.5 Å². The number of benzene rings is 3. The van der Waals surface area contributed by atoms with Crippen LogP contribution in [0.3, 0.4) is 0 Å². The number of hydrogen-bond acceptors (Lipinski definition) is 7. The molecule has 1 aliphatic carbocycles. The van der Waals surface area contributed by atoms with Crippen molar-refractivity contribution in [3.63, 3.8) is 0 Å². The van der Waals surface area contributed by atoms with Crippen molar-refractivity contribution in [2.24, 2.45) is 0 Å². The summed E-state index contributed by atoms with van der Waals surface area (Å²) < 4.78 is 21.6. The van der Waals surface area contributed by atoms with E-state index in [0.717, 1.165) is 53.8 Å². The largest absolute Gasteiger partial charge is 0.368 e. The van der Waals surface area contributed by atoms with Crippen molar-refractivity contribution < 1.29 is 9.11 Å². The SMILES string of the molecule is Cc1ccc2nc(N3CCS(O)(O)c4ccccc4C3)nc(NCC3(NCc4ccccc4)CCC3)c2c1. The molecule has 3 aromatic carbocycles. The van der Waals surface area contributed by atoms with Crippen LogP contribution in [0.1, 0.15) is 36.0 Å². The second kappa shape index (κ2) is 10.2. The Labute approximate surface area is 225 Å². The molecule has 0 amide bonds. The zero-order valence-corrected chi connectivity index (χ0v) is 22.5. The smallest absolute Gasteiger partial charge is 0.228 e. The van der Waals surface area contributed by atoms with Crippen LogP contribution in [-0.2, 0) is 13.1 Å². The number of aryl methyl sites for hydroxylation is 1. The monoisotopic (exact) mass is 529 g/mol. The molecule has 4 N–H and O–H groups in total. The zero-order chi connectivity index (χ0) is 26.2. The molecule has 1 saturated carbocycles. The number of aromatic nitrogens is 2. The van der Waals surface area contributed by atoms with Gasteiger partial charge in [-0.1, -0.05) is 60.2 Å². The molecule has 7 nitrogen and oxygen atoms in total. The lowest BCUT2D eigenvalue weighted by atomic mass is 9.76. The van der Waals surface area contributed by atoms with Crippen LogP contribution in [-0.4, -0.2) is 43.5 Å². The molecule has 0 atom stereocenters. The second-order valence-corrected chi connectivity index (χ2v) is 12.8. The van der Waals surface area contributed by atoms with Crippen molar-refractivity contribution in [2.45, 2.75) is 49.7 Å². The van der Waals surface area contributed by atoms with Crippen molar-refractivity contribution in [3.8, 4) is 0 Å². The molecule has 2 aliphatic rings. The summed E-state index contributed by atoms with van der Waals surface area (Å²) in [6.45, 7) is 4.71. The van der Waals surface area contributed by atoms with Crippen molar-refractivity contribution >= 4 is 33.3 Å². The Bertz CT molecular complexity index is 1440. The number of fused-ring (bicyclic) bond motifs is 2. The maximum Gasteiger partial charge on any atom is 0.228 e. The summed E-state index contributed by atoms with van der Waals surface area (Å²) in [5.74, 6) is 1.69. The van der Waals surface area contributed by atoms with Crippen LogP contribution in [0.15, 0.2) is 77.7 Å². The summed E-state index contributed by atoms with van der Waals surface area (Å²) in [7, 11) is -2.85. The Kier molecular flexibility index (Phi) is 6.74. The minimum absolute atomic E-state index is 0.0371. The van der Waals surface area contributed by atoms with Gasteiger partial charge in [-0.2, -0.15) is 15.6 Å². The molecule has 1 aliphatic heterocycles. The Morgan fingerprint density at radius 1 is 0.974 bits per heavy atom. The first-order valence-corrected chi connectivity index (χ1v) is 15.0. The van der Waals surface area contributed by atoms with Gasteiger partial charge in [0.2, 0.25) is 5.95 Å².